The predicted octanol–water partition coefficient (Wildman–Crippen LogP) is 3.96. The van der Waals surface area contributed by atoms with Crippen LogP contribution in [0.2, 0.25) is 0 Å². The molecule has 4 aliphatic rings. The first-order chi connectivity index (χ1) is 22.4. The molecule has 4 heterocycles. The minimum absolute atomic E-state index is 0.0119. The molecule has 0 radical (unpaired) electrons. The summed E-state index contributed by atoms with van der Waals surface area (Å²) in [7, 11) is 0. The SMILES string of the molecule is C=Cc1cc(C[C@@H](OC(=O)N2CCC(N3CCc4ccccc4NC3=O)CC2)C(=O)N2CCC(N3CCOCC3)CC2)ccc1O. The summed E-state index contributed by atoms with van der Waals surface area (Å²) in [6.07, 6.45) is 4.02. The third kappa shape index (κ3) is 7.31. The lowest BCUT2D eigenvalue weighted by molar-refractivity contribution is -0.142. The van der Waals surface area contributed by atoms with Crippen molar-refractivity contribution in [3.63, 3.8) is 0 Å². The Kier molecular flexibility index (Phi) is 10.1. The number of likely N-dealkylation sites (tertiary alicyclic amines) is 2. The molecule has 0 aliphatic carbocycles. The van der Waals surface area contributed by atoms with Crippen molar-refractivity contribution in [1.82, 2.24) is 19.6 Å². The lowest BCUT2D eigenvalue weighted by Crippen LogP contribution is -2.53. The number of phenolic OH excluding ortho intramolecular Hbond substituents is 1. The van der Waals surface area contributed by atoms with Crippen LogP contribution in [0, 0.1) is 0 Å². The highest BCUT2D eigenvalue weighted by atomic mass is 16.6. The molecule has 1 atom stereocenters. The lowest BCUT2D eigenvalue weighted by Gasteiger charge is -2.41. The van der Waals surface area contributed by atoms with Gasteiger partial charge in [0.05, 0.1) is 13.2 Å². The highest BCUT2D eigenvalue weighted by Crippen LogP contribution is 2.26. The Balaban J connectivity index is 1.08. The van der Waals surface area contributed by atoms with Gasteiger partial charge in [-0.05, 0) is 61.4 Å². The van der Waals surface area contributed by atoms with E-state index in [1.54, 1.807) is 29.2 Å². The van der Waals surface area contributed by atoms with Crippen molar-refractivity contribution in [3.05, 3.63) is 65.7 Å². The molecular formula is C35H45N5O6. The number of rotatable bonds is 7. The van der Waals surface area contributed by atoms with E-state index in [0.29, 0.717) is 57.2 Å². The molecule has 46 heavy (non-hydrogen) atoms. The molecule has 0 spiro atoms. The van der Waals surface area contributed by atoms with Gasteiger partial charge in [-0.3, -0.25) is 9.69 Å². The number of nitrogens with one attached hydrogen (secondary N) is 1. The summed E-state index contributed by atoms with van der Waals surface area (Å²) in [5, 5.41) is 13.2. The number of hydrogen-bond acceptors (Lipinski definition) is 7. The van der Waals surface area contributed by atoms with Crippen LogP contribution >= 0.6 is 0 Å². The van der Waals surface area contributed by atoms with Gasteiger partial charge in [0.2, 0.25) is 0 Å². The predicted molar refractivity (Wildman–Crippen MR) is 175 cm³/mol. The van der Waals surface area contributed by atoms with Crippen LogP contribution in [0.4, 0.5) is 15.3 Å². The highest BCUT2D eigenvalue weighted by Gasteiger charge is 2.36. The molecule has 6 rings (SSSR count). The van der Waals surface area contributed by atoms with Gasteiger partial charge >= 0.3 is 12.1 Å². The first kappa shape index (κ1) is 31.9. The molecular weight excluding hydrogens is 586 g/mol. The van der Waals surface area contributed by atoms with E-state index in [9.17, 15) is 19.5 Å². The molecule has 4 aliphatic heterocycles. The fourth-order valence-corrected chi connectivity index (χ4v) is 7.18. The Labute approximate surface area is 270 Å². The van der Waals surface area contributed by atoms with Crippen molar-refractivity contribution >= 4 is 29.8 Å². The van der Waals surface area contributed by atoms with Gasteiger partial charge in [0.25, 0.3) is 5.91 Å². The van der Waals surface area contributed by atoms with Crippen LogP contribution in [0.15, 0.2) is 49.0 Å². The largest absolute Gasteiger partial charge is 0.507 e. The van der Waals surface area contributed by atoms with Crippen LogP contribution in [0.3, 0.4) is 0 Å². The van der Waals surface area contributed by atoms with Crippen molar-refractivity contribution in [2.45, 2.75) is 56.7 Å². The molecule has 3 saturated heterocycles. The topological polar surface area (TPSA) is 115 Å². The van der Waals surface area contributed by atoms with Crippen LogP contribution in [-0.4, -0.2) is 120 Å². The number of carbonyl (C=O) groups is 3. The average Bonchev–Trinajstić information content (AvgIpc) is 3.27. The van der Waals surface area contributed by atoms with E-state index >= 15 is 0 Å². The Bertz CT molecular complexity index is 1410. The third-order valence-electron chi connectivity index (χ3n) is 9.90. The number of aromatic hydroxyl groups is 1. The standard InChI is InChI=1S/C35H45N5O6/c1-2-26-23-25(7-8-31(26)41)24-32(33(42)38-14-10-28(11-15-38)37-19-21-45-22-20-37)46-35(44)39-16-12-29(13-17-39)40-18-9-27-5-3-4-6-30(27)36-34(40)43/h2-8,23,28-29,32,41H,1,9-22,24H2,(H,36,43)/t32-/m1/s1. The molecule has 2 aromatic carbocycles. The maximum atomic E-state index is 13.9. The van der Waals surface area contributed by atoms with Crippen LogP contribution < -0.4 is 5.32 Å². The number of ether oxygens (including phenoxy) is 2. The summed E-state index contributed by atoms with van der Waals surface area (Å²) >= 11 is 0. The number of morpholine rings is 1. The fraction of sp³-hybridized carbons (Fsp3) is 0.514. The maximum absolute atomic E-state index is 13.9. The second-order valence-electron chi connectivity index (χ2n) is 12.6. The van der Waals surface area contributed by atoms with Crippen LogP contribution in [0.1, 0.15) is 42.4 Å². The highest BCUT2D eigenvalue weighted by molar-refractivity contribution is 5.91. The Morgan fingerprint density at radius 1 is 0.957 bits per heavy atom. The quantitative estimate of drug-likeness (QED) is 0.476. The minimum Gasteiger partial charge on any atom is -0.507 e. The number of amides is 4. The minimum atomic E-state index is -0.998. The molecule has 2 N–H and O–H groups in total. The van der Waals surface area contributed by atoms with Gasteiger partial charge in [-0.25, -0.2) is 9.59 Å². The van der Waals surface area contributed by atoms with E-state index in [0.717, 1.165) is 62.4 Å². The number of para-hydroxylation sites is 1. The number of urea groups is 1. The van der Waals surface area contributed by atoms with E-state index < -0.39 is 12.2 Å². The molecule has 2 aromatic rings. The summed E-state index contributed by atoms with van der Waals surface area (Å²) in [5.41, 5.74) is 3.30. The second-order valence-corrected chi connectivity index (χ2v) is 12.6. The van der Waals surface area contributed by atoms with E-state index in [-0.39, 0.29) is 30.2 Å². The second kappa shape index (κ2) is 14.6. The molecule has 4 amide bonds. The molecule has 0 saturated carbocycles. The van der Waals surface area contributed by atoms with E-state index in [1.165, 1.54) is 0 Å². The summed E-state index contributed by atoms with van der Waals surface area (Å²) in [6, 6.07) is 13.3. The van der Waals surface area contributed by atoms with Gasteiger partial charge in [0.15, 0.2) is 6.10 Å². The third-order valence-corrected chi connectivity index (χ3v) is 9.90. The number of carbonyl (C=O) groups excluding carboxylic acids is 3. The molecule has 0 aromatic heterocycles. The van der Waals surface area contributed by atoms with Crippen LogP contribution in [0.5, 0.6) is 5.75 Å². The normalized spacial score (nSPS) is 20.8. The Morgan fingerprint density at radius 3 is 2.39 bits per heavy atom. The first-order valence-electron chi connectivity index (χ1n) is 16.6. The Hall–Kier alpha value is -4.09. The number of benzene rings is 2. The average molecular weight is 632 g/mol. The molecule has 0 bridgehead atoms. The number of phenols is 1. The summed E-state index contributed by atoms with van der Waals surface area (Å²) in [6.45, 7) is 9.79. The Morgan fingerprint density at radius 2 is 1.65 bits per heavy atom. The summed E-state index contributed by atoms with van der Waals surface area (Å²) in [4.78, 5) is 48.3. The van der Waals surface area contributed by atoms with Crippen molar-refractivity contribution in [2.75, 3.05) is 64.3 Å². The van der Waals surface area contributed by atoms with E-state index in [4.69, 9.17) is 9.47 Å². The molecule has 11 nitrogen and oxygen atoms in total. The summed E-state index contributed by atoms with van der Waals surface area (Å²) in [5.74, 6) is -0.0913. The van der Waals surface area contributed by atoms with E-state index in [1.807, 2.05) is 34.1 Å². The van der Waals surface area contributed by atoms with Gasteiger partial charge in [-0.1, -0.05) is 36.9 Å². The monoisotopic (exact) mass is 631 g/mol. The van der Waals surface area contributed by atoms with E-state index in [2.05, 4.69) is 16.8 Å². The number of hydrogen-bond donors (Lipinski definition) is 2. The molecule has 11 heteroatoms. The van der Waals surface area contributed by atoms with Crippen molar-refractivity contribution in [2.24, 2.45) is 0 Å². The summed E-state index contributed by atoms with van der Waals surface area (Å²) < 4.78 is 11.5. The van der Waals surface area contributed by atoms with Gasteiger partial charge < -0.3 is 34.6 Å². The number of nitrogens with zero attached hydrogens (tertiary/aromatic N) is 4. The fourth-order valence-electron chi connectivity index (χ4n) is 7.18. The van der Waals surface area contributed by atoms with Gasteiger partial charge in [-0.15, -0.1) is 0 Å². The zero-order valence-electron chi connectivity index (χ0n) is 26.4. The van der Waals surface area contributed by atoms with Crippen LogP contribution in [0.25, 0.3) is 6.08 Å². The zero-order chi connectivity index (χ0) is 32.0. The zero-order valence-corrected chi connectivity index (χ0v) is 26.4. The first-order valence-corrected chi connectivity index (χ1v) is 16.6. The number of anilines is 1. The van der Waals surface area contributed by atoms with Gasteiger partial charge in [-0.2, -0.15) is 0 Å². The van der Waals surface area contributed by atoms with Crippen molar-refractivity contribution in [3.8, 4) is 5.75 Å². The maximum Gasteiger partial charge on any atom is 0.410 e. The molecule has 246 valence electrons. The molecule has 0 unspecified atom stereocenters. The van der Waals surface area contributed by atoms with Crippen LogP contribution in [-0.2, 0) is 27.1 Å². The lowest BCUT2D eigenvalue weighted by atomic mass is 10.00. The smallest absolute Gasteiger partial charge is 0.410 e. The van der Waals surface area contributed by atoms with Gasteiger partial charge in [0.1, 0.15) is 5.75 Å². The van der Waals surface area contributed by atoms with Gasteiger partial charge in [0, 0.05) is 75.6 Å². The van der Waals surface area contributed by atoms with Crippen molar-refractivity contribution in [1.29, 1.82) is 0 Å². The number of fused-ring (bicyclic) bond motifs is 1. The van der Waals surface area contributed by atoms with Crippen molar-refractivity contribution < 1.29 is 29.0 Å². The number of piperidine rings is 2. The molecule has 3 fully saturated rings.